The van der Waals surface area contributed by atoms with Gasteiger partial charge in [-0.1, -0.05) is 6.92 Å². The third kappa shape index (κ3) is 3.41. The fraction of sp³-hybridized carbons (Fsp3) is 0.583. The maximum Gasteiger partial charge on any atom is 0.317 e. The van der Waals surface area contributed by atoms with Gasteiger partial charge in [-0.15, -0.1) is 0 Å². The minimum Gasteiger partial charge on any atom is -0.332 e. The first-order valence-electron chi connectivity index (χ1n) is 6.05. The summed E-state index contributed by atoms with van der Waals surface area (Å²) in [5.41, 5.74) is 0.784. The molecule has 1 aliphatic heterocycles. The molecule has 1 fully saturated rings. The molecule has 0 unspecified atom stereocenters. The Morgan fingerprint density at radius 3 is 2.94 bits per heavy atom. The molecule has 0 radical (unpaired) electrons. The maximum atomic E-state index is 11.8. The summed E-state index contributed by atoms with van der Waals surface area (Å²) in [5.74, 6) is 0.735. The van der Waals surface area contributed by atoms with E-state index in [9.17, 15) is 4.79 Å². The summed E-state index contributed by atoms with van der Waals surface area (Å²) in [6, 6.07) is 3.67. The van der Waals surface area contributed by atoms with Crippen LogP contribution in [0.4, 0.5) is 4.79 Å². The number of nitrogens with one attached hydrogen (secondary N) is 1. The molecule has 92 valence electrons. The second kappa shape index (κ2) is 5.61. The summed E-state index contributed by atoms with van der Waals surface area (Å²) in [6.07, 6.45) is 3.81. The molecule has 17 heavy (non-hydrogen) atoms. The molecule has 2 amide bonds. The Labute approximate surface area is 101 Å². The van der Waals surface area contributed by atoms with E-state index in [1.54, 1.807) is 6.20 Å². The molecular formula is C12H18N4O. The molecule has 0 spiro atoms. The molecule has 5 heteroatoms. The van der Waals surface area contributed by atoms with Gasteiger partial charge in [-0.05, 0) is 30.9 Å². The molecule has 2 rings (SSSR count). The van der Waals surface area contributed by atoms with Crippen molar-refractivity contribution in [3.05, 3.63) is 24.0 Å². The quantitative estimate of drug-likeness (QED) is 0.842. The second-order valence-corrected chi connectivity index (χ2v) is 4.54. The van der Waals surface area contributed by atoms with Crippen molar-refractivity contribution < 1.29 is 4.79 Å². The van der Waals surface area contributed by atoms with E-state index >= 15 is 0 Å². The smallest absolute Gasteiger partial charge is 0.317 e. The zero-order valence-corrected chi connectivity index (χ0v) is 10.1. The minimum atomic E-state index is 0.00236. The highest BCUT2D eigenvalue weighted by Crippen LogP contribution is 2.15. The lowest BCUT2D eigenvalue weighted by Gasteiger charge is -2.30. The van der Waals surface area contributed by atoms with Crippen LogP contribution in [0.25, 0.3) is 0 Å². The van der Waals surface area contributed by atoms with Crippen molar-refractivity contribution in [2.75, 3.05) is 13.1 Å². The number of piperidine rings is 1. The van der Waals surface area contributed by atoms with Crippen LogP contribution in [0.5, 0.6) is 0 Å². The molecule has 1 aromatic rings. The van der Waals surface area contributed by atoms with Gasteiger partial charge >= 0.3 is 6.03 Å². The van der Waals surface area contributed by atoms with E-state index in [4.69, 9.17) is 0 Å². The van der Waals surface area contributed by atoms with Crippen LogP contribution in [-0.2, 0) is 6.54 Å². The van der Waals surface area contributed by atoms with E-state index in [-0.39, 0.29) is 6.03 Å². The molecule has 0 bridgehead atoms. The Morgan fingerprint density at radius 1 is 1.53 bits per heavy atom. The van der Waals surface area contributed by atoms with Crippen LogP contribution in [0.15, 0.2) is 18.3 Å². The van der Waals surface area contributed by atoms with Crippen molar-refractivity contribution in [1.82, 2.24) is 20.4 Å². The van der Waals surface area contributed by atoms with Crippen molar-refractivity contribution in [1.29, 1.82) is 0 Å². The summed E-state index contributed by atoms with van der Waals surface area (Å²) in [5, 5.41) is 10.6. The monoisotopic (exact) mass is 234 g/mol. The molecule has 2 heterocycles. The van der Waals surface area contributed by atoms with E-state index in [2.05, 4.69) is 22.4 Å². The molecule has 0 aliphatic carbocycles. The molecule has 0 saturated carbocycles. The fourth-order valence-corrected chi connectivity index (χ4v) is 1.92. The number of hydrogen-bond donors (Lipinski definition) is 1. The molecular weight excluding hydrogens is 216 g/mol. The predicted octanol–water partition coefficient (Wildman–Crippen LogP) is 1.42. The number of urea groups is 1. The minimum absolute atomic E-state index is 0.00236. The van der Waals surface area contributed by atoms with Gasteiger partial charge < -0.3 is 10.2 Å². The van der Waals surface area contributed by atoms with Gasteiger partial charge in [0.15, 0.2) is 0 Å². The van der Waals surface area contributed by atoms with Gasteiger partial charge in [0.25, 0.3) is 0 Å². The fourth-order valence-electron chi connectivity index (χ4n) is 1.92. The van der Waals surface area contributed by atoms with Crippen molar-refractivity contribution in [3.8, 4) is 0 Å². The van der Waals surface area contributed by atoms with Gasteiger partial charge in [-0.2, -0.15) is 10.2 Å². The van der Waals surface area contributed by atoms with Gasteiger partial charge in [0.05, 0.1) is 12.2 Å². The van der Waals surface area contributed by atoms with Gasteiger partial charge in [0.1, 0.15) is 0 Å². The molecule has 1 saturated heterocycles. The van der Waals surface area contributed by atoms with Crippen LogP contribution in [0, 0.1) is 5.92 Å². The summed E-state index contributed by atoms with van der Waals surface area (Å²) >= 11 is 0. The summed E-state index contributed by atoms with van der Waals surface area (Å²) < 4.78 is 0. The highest BCUT2D eigenvalue weighted by atomic mass is 16.2. The topological polar surface area (TPSA) is 58.1 Å². The normalized spacial score (nSPS) is 16.9. The second-order valence-electron chi connectivity index (χ2n) is 4.54. The van der Waals surface area contributed by atoms with Gasteiger partial charge in [0.2, 0.25) is 0 Å². The summed E-state index contributed by atoms with van der Waals surface area (Å²) in [4.78, 5) is 13.7. The first-order chi connectivity index (χ1) is 8.25. The molecule has 0 aromatic carbocycles. The van der Waals surface area contributed by atoms with Crippen LogP contribution in [0.1, 0.15) is 25.5 Å². The Kier molecular flexibility index (Phi) is 3.90. The van der Waals surface area contributed by atoms with Crippen molar-refractivity contribution in [2.45, 2.75) is 26.3 Å². The van der Waals surface area contributed by atoms with Crippen LogP contribution in [0.2, 0.25) is 0 Å². The number of carbonyl (C=O) groups excluding carboxylic acids is 1. The predicted molar refractivity (Wildman–Crippen MR) is 64.2 cm³/mol. The van der Waals surface area contributed by atoms with Gasteiger partial charge in [-0.3, -0.25) is 0 Å². The Balaban J connectivity index is 1.78. The number of aromatic nitrogens is 2. The van der Waals surface area contributed by atoms with Gasteiger partial charge in [0, 0.05) is 19.3 Å². The Morgan fingerprint density at radius 2 is 2.29 bits per heavy atom. The molecule has 1 N–H and O–H groups in total. The molecule has 5 nitrogen and oxygen atoms in total. The third-order valence-corrected chi connectivity index (χ3v) is 3.12. The first-order valence-corrected chi connectivity index (χ1v) is 6.05. The lowest BCUT2D eigenvalue weighted by atomic mass is 10.00. The highest BCUT2D eigenvalue weighted by Gasteiger charge is 2.19. The van der Waals surface area contributed by atoms with Crippen LogP contribution >= 0.6 is 0 Å². The SMILES string of the molecule is CC1CCN(C(=O)NCc2cccnn2)CC1. The van der Waals surface area contributed by atoms with Crippen LogP contribution < -0.4 is 5.32 Å². The zero-order chi connectivity index (χ0) is 12.1. The standard InChI is InChI=1S/C12H18N4O/c1-10-4-7-16(8-5-10)12(17)13-9-11-3-2-6-14-15-11/h2-3,6,10H,4-5,7-9H2,1H3,(H,13,17). The third-order valence-electron chi connectivity index (χ3n) is 3.12. The first kappa shape index (κ1) is 11.8. The van der Waals surface area contributed by atoms with Crippen LogP contribution in [0.3, 0.4) is 0 Å². The van der Waals surface area contributed by atoms with E-state index in [1.807, 2.05) is 17.0 Å². The molecule has 1 aromatic heterocycles. The zero-order valence-electron chi connectivity index (χ0n) is 10.1. The molecule has 0 atom stereocenters. The van der Waals surface area contributed by atoms with Gasteiger partial charge in [-0.25, -0.2) is 4.79 Å². The van der Waals surface area contributed by atoms with Crippen LogP contribution in [-0.4, -0.2) is 34.2 Å². The van der Waals surface area contributed by atoms with E-state index in [1.165, 1.54) is 0 Å². The van der Waals surface area contributed by atoms with E-state index in [0.29, 0.717) is 6.54 Å². The van der Waals surface area contributed by atoms with Crippen molar-refractivity contribution in [2.24, 2.45) is 5.92 Å². The van der Waals surface area contributed by atoms with E-state index < -0.39 is 0 Å². The summed E-state index contributed by atoms with van der Waals surface area (Å²) in [6.45, 7) is 4.38. The largest absolute Gasteiger partial charge is 0.332 e. The number of amides is 2. The van der Waals surface area contributed by atoms with Crippen molar-refractivity contribution >= 4 is 6.03 Å². The Hall–Kier alpha value is -1.65. The number of likely N-dealkylation sites (tertiary alicyclic amines) is 1. The van der Waals surface area contributed by atoms with Crippen molar-refractivity contribution in [3.63, 3.8) is 0 Å². The summed E-state index contributed by atoms with van der Waals surface area (Å²) in [7, 11) is 0. The maximum absolute atomic E-state index is 11.8. The average Bonchev–Trinajstić information content (AvgIpc) is 2.38. The van der Waals surface area contributed by atoms with E-state index in [0.717, 1.165) is 37.5 Å². The number of hydrogen-bond acceptors (Lipinski definition) is 3. The number of carbonyl (C=O) groups is 1. The number of rotatable bonds is 2. The average molecular weight is 234 g/mol. The Bertz CT molecular complexity index is 360. The lowest BCUT2D eigenvalue weighted by Crippen LogP contribution is -2.43. The molecule has 1 aliphatic rings. The highest BCUT2D eigenvalue weighted by molar-refractivity contribution is 5.74. The lowest BCUT2D eigenvalue weighted by molar-refractivity contribution is 0.173. The number of nitrogens with zero attached hydrogens (tertiary/aromatic N) is 3.